The molecule has 30 heavy (non-hydrogen) atoms. The normalized spacial score (nSPS) is 14.2. The molecule has 158 valence electrons. The van der Waals surface area contributed by atoms with E-state index >= 15 is 0 Å². The molecule has 4 rings (SSSR count). The zero-order valence-electron chi connectivity index (χ0n) is 16.1. The van der Waals surface area contributed by atoms with E-state index in [1.807, 2.05) is 13.0 Å². The van der Waals surface area contributed by atoms with E-state index in [1.165, 1.54) is 10.6 Å². The molecule has 1 saturated carbocycles. The predicted octanol–water partition coefficient (Wildman–Crippen LogP) is 4.61. The molecule has 0 atom stereocenters. The van der Waals surface area contributed by atoms with E-state index in [0.29, 0.717) is 22.6 Å². The number of nitrogens with one attached hydrogen (secondary N) is 2. The second kappa shape index (κ2) is 7.79. The van der Waals surface area contributed by atoms with Gasteiger partial charge in [0.25, 0.3) is 5.91 Å². The summed E-state index contributed by atoms with van der Waals surface area (Å²) in [6.45, 7) is 1.55. The van der Waals surface area contributed by atoms with Gasteiger partial charge < -0.3 is 10.6 Å². The van der Waals surface area contributed by atoms with Crippen LogP contribution in [0.2, 0.25) is 5.15 Å². The Morgan fingerprint density at radius 2 is 2.07 bits per heavy atom. The molecule has 0 radical (unpaired) electrons. The number of aryl methyl sites for hydroxylation is 1. The van der Waals surface area contributed by atoms with Crippen LogP contribution in [0.1, 0.15) is 35.2 Å². The number of rotatable bonds is 6. The quantitative estimate of drug-likeness (QED) is 0.590. The summed E-state index contributed by atoms with van der Waals surface area (Å²) in [4.78, 5) is 16.6. The topological polar surface area (TPSA) is 71.3 Å². The first-order chi connectivity index (χ1) is 14.2. The van der Waals surface area contributed by atoms with Gasteiger partial charge in [-0.05, 0) is 37.5 Å². The Labute approximate surface area is 175 Å². The second-order valence-electron chi connectivity index (χ2n) is 7.33. The van der Waals surface area contributed by atoms with Gasteiger partial charge in [0, 0.05) is 29.8 Å². The van der Waals surface area contributed by atoms with E-state index < -0.39 is 12.6 Å². The van der Waals surface area contributed by atoms with Crippen molar-refractivity contribution in [3.63, 3.8) is 0 Å². The minimum absolute atomic E-state index is 0.1000. The zero-order chi connectivity index (χ0) is 21.5. The van der Waals surface area contributed by atoms with Crippen LogP contribution in [0.15, 0.2) is 30.5 Å². The van der Waals surface area contributed by atoms with Gasteiger partial charge in [0.1, 0.15) is 0 Å². The molecule has 3 aromatic rings. The molecule has 0 unspecified atom stereocenters. The molecule has 2 heterocycles. The van der Waals surface area contributed by atoms with Crippen molar-refractivity contribution >= 4 is 28.8 Å². The first kappa shape index (κ1) is 20.5. The minimum Gasteiger partial charge on any atom is -0.382 e. The largest absolute Gasteiger partial charge is 0.390 e. The van der Waals surface area contributed by atoms with Crippen molar-refractivity contribution in [3.8, 4) is 11.3 Å². The molecule has 0 bridgehead atoms. The standard InChI is InChI=1S/C20H19ClF3N5O/c1-11-8-12(2-5-14(11)19(30)27-13-3-4-13)16-10-26-18-15(9-17(21)28-29(16)18)25-7-6-20(22,23)24/h2,5,8-10,13,25H,3-4,6-7H2,1H3,(H,27,30). The average molecular weight is 438 g/mol. The van der Waals surface area contributed by atoms with Gasteiger partial charge in [0.05, 0.1) is 24.0 Å². The molecule has 0 aliphatic heterocycles. The van der Waals surface area contributed by atoms with Crippen molar-refractivity contribution in [1.29, 1.82) is 0 Å². The molecule has 1 fully saturated rings. The lowest BCUT2D eigenvalue weighted by Crippen LogP contribution is -2.26. The van der Waals surface area contributed by atoms with Crippen molar-refractivity contribution in [2.75, 3.05) is 11.9 Å². The van der Waals surface area contributed by atoms with E-state index in [2.05, 4.69) is 20.7 Å². The third-order valence-electron chi connectivity index (χ3n) is 4.84. The molecule has 2 N–H and O–H groups in total. The number of alkyl halides is 3. The molecule has 0 spiro atoms. The number of benzene rings is 1. The summed E-state index contributed by atoms with van der Waals surface area (Å²) in [5, 5.41) is 10.1. The van der Waals surface area contributed by atoms with Crippen molar-refractivity contribution in [2.24, 2.45) is 0 Å². The molecule has 1 aliphatic rings. The number of hydrogen-bond donors (Lipinski definition) is 2. The molecule has 1 aromatic carbocycles. The van der Waals surface area contributed by atoms with Gasteiger partial charge in [-0.2, -0.15) is 18.3 Å². The maximum Gasteiger partial charge on any atom is 0.390 e. The summed E-state index contributed by atoms with van der Waals surface area (Å²) in [6.07, 6.45) is -1.64. The van der Waals surface area contributed by atoms with Crippen LogP contribution in [0.4, 0.5) is 18.9 Å². The first-order valence-electron chi connectivity index (χ1n) is 9.48. The minimum atomic E-state index is -4.26. The van der Waals surface area contributed by atoms with Gasteiger partial charge >= 0.3 is 6.18 Å². The summed E-state index contributed by atoms with van der Waals surface area (Å²) in [7, 11) is 0. The molecular formula is C20H19ClF3N5O. The van der Waals surface area contributed by atoms with Gasteiger partial charge in [-0.25, -0.2) is 9.50 Å². The maximum atomic E-state index is 12.4. The lowest BCUT2D eigenvalue weighted by atomic mass is 10.0. The summed E-state index contributed by atoms with van der Waals surface area (Å²) >= 11 is 6.09. The van der Waals surface area contributed by atoms with E-state index in [0.717, 1.165) is 24.0 Å². The van der Waals surface area contributed by atoms with Crippen LogP contribution in [0.3, 0.4) is 0 Å². The Kier molecular flexibility index (Phi) is 5.31. The predicted molar refractivity (Wildman–Crippen MR) is 108 cm³/mol. The number of anilines is 1. The molecule has 0 saturated heterocycles. The van der Waals surface area contributed by atoms with Crippen LogP contribution >= 0.6 is 11.6 Å². The fourth-order valence-corrected chi connectivity index (χ4v) is 3.36. The van der Waals surface area contributed by atoms with Gasteiger partial charge in [0.2, 0.25) is 0 Å². The van der Waals surface area contributed by atoms with Crippen LogP contribution in [0.25, 0.3) is 16.9 Å². The summed E-state index contributed by atoms with van der Waals surface area (Å²) in [5.74, 6) is -0.1000. The van der Waals surface area contributed by atoms with Crippen molar-refractivity contribution in [2.45, 2.75) is 38.4 Å². The monoisotopic (exact) mass is 437 g/mol. The third kappa shape index (κ3) is 4.51. The van der Waals surface area contributed by atoms with Gasteiger partial charge in [-0.15, -0.1) is 0 Å². The Hall–Kier alpha value is -2.81. The van der Waals surface area contributed by atoms with E-state index in [9.17, 15) is 18.0 Å². The SMILES string of the molecule is Cc1cc(-c2cnc3c(NCCC(F)(F)F)cc(Cl)nn23)ccc1C(=O)NC1CC1. The fourth-order valence-electron chi connectivity index (χ4n) is 3.17. The number of carbonyl (C=O) groups excluding carboxylic acids is 1. The highest BCUT2D eigenvalue weighted by atomic mass is 35.5. The Morgan fingerprint density at radius 1 is 1.30 bits per heavy atom. The van der Waals surface area contributed by atoms with Crippen LogP contribution < -0.4 is 10.6 Å². The van der Waals surface area contributed by atoms with Crippen molar-refractivity contribution < 1.29 is 18.0 Å². The molecule has 10 heteroatoms. The fraction of sp³-hybridized carbons (Fsp3) is 0.350. The van der Waals surface area contributed by atoms with Crippen LogP contribution in [-0.2, 0) is 0 Å². The van der Waals surface area contributed by atoms with Gasteiger partial charge in [0.15, 0.2) is 10.8 Å². The number of carbonyl (C=O) groups is 1. The zero-order valence-corrected chi connectivity index (χ0v) is 16.8. The number of fused-ring (bicyclic) bond motifs is 1. The maximum absolute atomic E-state index is 12.4. The summed E-state index contributed by atoms with van der Waals surface area (Å²) in [5.41, 5.74) is 3.50. The summed E-state index contributed by atoms with van der Waals surface area (Å²) < 4.78 is 38.8. The highest BCUT2D eigenvalue weighted by molar-refractivity contribution is 6.29. The number of hydrogen-bond acceptors (Lipinski definition) is 4. The average Bonchev–Trinajstić information content (AvgIpc) is 3.36. The summed E-state index contributed by atoms with van der Waals surface area (Å²) in [6, 6.07) is 7.10. The van der Waals surface area contributed by atoms with Crippen molar-refractivity contribution in [3.05, 3.63) is 46.7 Å². The van der Waals surface area contributed by atoms with E-state index in [1.54, 1.807) is 18.3 Å². The highest BCUT2D eigenvalue weighted by Gasteiger charge is 2.27. The smallest absolute Gasteiger partial charge is 0.382 e. The van der Waals surface area contributed by atoms with Crippen LogP contribution in [0.5, 0.6) is 0 Å². The number of nitrogens with zero attached hydrogens (tertiary/aromatic N) is 3. The van der Waals surface area contributed by atoms with Gasteiger partial charge in [-0.1, -0.05) is 17.7 Å². The molecular weight excluding hydrogens is 419 g/mol. The molecule has 1 amide bonds. The molecule has 6 nitrogen and oxygen atoms in total. The number of halogens is 4. The Balaban J connectivity index is 1.63. The number of amides is 1. The first-order valence-corrected chi connectivity index (χ1v) is 9.86. The lowest BCUT2D eigenvalue weighted by Gasteiger charge is -2.11. The van der Waals surface area contributed by atoms with E-state index in [4.69, 9.17) is 11.6 Å². The second-order valence-corrected chi connectivity index (χ2v) is 7.72. The van der Waals surface area contributed by atoms with E-state index in [-0.39, 0.29) is 23.6 Å². The molecule has 1 aliphatic carbocycles. The number of imidazole rings is 1. The van der Waals surface area contributed by atoms with Crippen LogP contribution in [-0.4, -0.2) is 39.3 Å². The highest BCUT2D eigenvalue weighted by Crippen LogP contribution is 2.28. The Morgan fingerprint density at radius 3 is 2.73 bits per heavy atom. The third-order valence-corrected chi connectivity index (χ3v) is 5.03. The molecule has 2 aromatic heterocycles. The van der Waals surface area contributed by atoms with Crippen molar-refractivity contribution in [1.82, 2.24) is 19.9 Å². The number of aromatic nitrogens is 3. The Bertz CT molecular complexity index is 1110. The lowest BCUT2D eigenvalue weighted by molar-refractivity contribution is -0.131. The van der Waals surface area contributed by atoms with Crippen LogP contribution in [0, 0.1) is 6.92 Å². The van der Waals surface area contributed by atoms with Gasteiger partial charge in [-0.3, -0.25) is 4.79 Å².